The first-order valence-electron chi connectivity index (χ1n) is 7.55. The van der Waals surface area contributed by atoms with E-state index in [9.17, 15) is 4.79 Å². The van der Waals surface area contributed by atoms with E-state index in [4.69, 9.17) is 0 Å². The molecule has 1 saturated heterocycles. The molecule has 1 N–H and O–H groups in total. The largest absolute Gasteiger partial charge is 0.352 e. The van der Waals surface area contributed by atoms with Crippen LogP contribution in [0.2, 0.25) is 0 Å². The number of aromatic nitrogens is 1. The highest BCUT2D eigenvalue weighted by Crippen LogP contribution is 2.47. The lowest BCUT2D eigenvalue weighted by Crippen LogP contribution is -2.46. The monoisotopic (exact) mass is 268 g/mol. The third-order valence-corrected chi connectivity index (χ3v) is 5.29. The Bertz CT molecular complexity index is 687. The molecule has 2 heterocycles. The van der Waals surface area contributed by atoms with E-state index in [1.165, 1.54) is 10.9 Å². The zero-order chi connectivity index (χ0) is 13.9. The van der Waals surface area contributed by atoms with Crippen molar-refractivity contribution in [3.05, 3.63) is 35.5 Å². The first kappa shape index (κ1) is 12.2. The van der Waals surface area contributed by atoms with Crippen LogP contribution in [-0.4, -0.2) is 29.3 Å². The number of carbonyl (C=O) groups is 1. The molecule has 3 nitrogen and oxygen atoms in total. The molecule has 1 aromatic heterocycles. The van der Waals surface area contributed by atoms with Crippen molar-refractivity contribution >= 4 is 16.7 Å². The van der Waals surface area contributed by atoms with Crippen LogP contribution in [0.15, 0.2) is 24.3 Å². The van der Waals surface area contributed by atoms with Crippen molar-refractivity contribution in [2.45, 2.75) is 25.8 Å². The van der Waals surface area contributed by atoms with Gasteiger partial charge in [-0.05, 0) is 25.5 Å². The number of carbonyl (C=O) groups excluding carboxylic acids is 1. The number of hydrogen-bond donors (Lipinski definition) is 1. The molecular weight excluding hydrogens is 248 g/mol. The molecule has 2 aliphatic rings. The van der Waals surface area contributed by atoms with Crippen LogP contribution in [0.4, 0.5) is 0 Å². The molecule has 0 amide bonds. The maximum Gasteiger partial charge on any atom is 0.182 e. The average Bonchev–Trinajstić information content (AvgIpc) is 2.85. The number of hydrogen-bond acceptors (Lipinski definition) is 2. The molecule has 0 radical (unpaired) electrons. The number of rotatable bonds is 1. The van der Waals surface area contributed by atoms with Crippen LogP contribution in [0.3, 0.4) is 0 Å². The molecule has 1 aliphatic carbocycles. The molecule has 1 aromatic carbocycles. The van der Waals surface area contributed by atoms with Gasteiger partial charge in [-0.25, -0.2) is 0 Å². The lowest BCUT2D eigenvalue weighted by Gasteiger charge is -2.44. The van der Waals surface area contributed by atoms with Crippen molar-refractivity contribution in [3.63, 3.8) is 0 Å². The quantitative estimate of drug-likeness (QED) is 0.860. The summed E-state index contributed by atoms with van der Waals surface area (Å²) in [5, 5.41) is 1.22. The zero-order valence-electron chi connectivity index (χ0n) is 12.0. The number of benzene rings is 1. The Balaban J connectivity index is 1.95. The van der Waals surface area contributed by atoms with E-state index in [-0.39, 0.29) is 5.92 Å². The number of likely N-dealkylation sites (tertiary alicyclic amines) is 1. The van der Waals surface area contributed by atoms with E-state index in [1.807, 2.05) is 6.07 Å². The lowest BCUT2D eigenvalue weighted by molar-refractivity contribution is 0.0509. The van der Waals surface area contributed by atoms with Gasteiger partial charge in [0.15, 0.2) is 5.78 Å². The molecule has 104 valence electrons. The van der Waals surface area contributed by atoms with Crippen LogP contribution in [0, 0.1) is 11.8 Å². The Labute approximate surface area is 119 Å². The summed E-state index contributed by atoms with van der Waals surface area (Å²) in [6, 6.07) is 8.69. The van der Waals surface area contributed by atoms with Gasteiger partial charge in [0.05, 0.1) is 5.69 Å². The molecule has 1 fully saturated rings. The number of nitrogens with zero attached hydrogens (tertiary/aromatic N) is 1. The topological polar surface area (TPSA) is 36.1 Å². The molecule has 4 rings (SSSR count). The summed E-state index contributed by atoms with van der Waals surface area (Å²) >= 11 is 0. The van der Waals surface area contributed by atoms with Crippen LogP contribution in [0.5, 0.6) is 0 Å². The van der Waals surface area contributed by atoms with E-state index in [1.54, 1.807) is 0 Å². The third-order valence-electron chi connectivity index (χ3n) is 5.29. The van der Waals surface area contributed by atoms with Gasteiger partial charge in [-0.2, -0.15) is 0 Å². The summed E-state index contributed by atoms with van der Waals surface area (Å²) in [5.74, 6) is 1.05. The van der Waals surface area contributed by atoms with E-state index in [2.05, 4.69) is 42.1 Å². The van der Waals surface area contributed by atoms with Gasteiger partial charge >= 0.3 is 0 Å². The van der Waals surface area contributed by atoms with Gasteiger partial charge in [0.2, 0.25) is 0 Å². The average molecular weight is 268 g/mol. The summed E-state index contributed by atoms with van der Waals surface area (Å²) in [6.45, 7) is 3.24. The first-order chi connectivity index (χ1) is 9.70. The number of fused-ring (bicyclic) bond motifs is 6. The number of H-pyrrole nitrogens is 1. The summed E-state index contributed by atoms with van der Waals surface area (Å²) < 4.78 is 0. The molecule has 2 bridgehead atoms. The Morgan fingerprint density at radius 3 is 2.95 bits per heavy atom. The standard InChI is InChI=1S/C17H20N2O/c1-3-10-9-19(2)14-8-12(10)17(20)16-15(14)11-6-4-5-7-13(11)18-16/h4-7,10,12,14,18H,3,8-9H2,1-2H3/t10-,12-,14-/m1/s1. The van der Waals surface area contributed by atoms with Crippen LogP contribution in [0.25, 0.3) is 10.9 Å². The smallest absolute Gasteiger partial charge is 0.182 e. The Kier molecular flexibility index (Phi) is 2.55. The van der Waals surface area contributed by atoms with Crippen molar-refractivity contribution in [2.75, 3.05) is 13.6 Å². The number of aromatic amines is 1. The summed E-state index contributed by atoms with van der Waals surface area (Å²) in [4.78, 5) is 18.6. The third kappa shape index (κ3) is 1.47. The second-order valence-corrected chi connectivity index (χ2v) is 6.29. The molecule has 0 spiro atoms. The number of ketones is 1. The highest BCUT2D eigenvalue weighted by Gasteiger charge is 2.45. The maximum atomic E-state index is 12.8. The van der Waals surface area contributed by atoms with Crippen LogP contribution in [0.1, 0.15) is 41.9 Å². The van der Waals surface area contributed by atoms with Crippen LogP contribution < -0.4 is 0 Å². The van der Waals surface area contributed by atoms with Crippen molar-refractivity contribution < 1.29 is 4.79 Å². The SMILES string of the molecule is CC[C@@H]1CN(C)[C@@H]2C[C@H]1C(=O)c1[nH]c3ccccc3c12. The van der Waals surface area contributed by atoms with Gasteiger partial charge in [-0.3, -0.25) is 9.69 Å². The Hall–Kier alpha value is -1.61. The van der Waals surface area contributed by atoms with Gasteiger partial charge in [-0.15, -0.1) is 0 Å². The van der Waals surface area contributed by atoms with Gasteiger partial charge in [-0.1, -0.05) is 31.5 Å². The van der Waals surface area contributed by atoms with Crippen molar-refractivity contribution in [2.24, 2.45) is 11.8 Å². The fourth-order valence-electron chi connectivity index (χ4n) is 4.20. The predicted molar refractivity (Wildman–Crippen MR) is 79.9 cm³/mol. The van der Waals surface area contributed by atoms with Crippen molar-refractivity contribution in [1.82, 2.24) is 9.88 Å². The van der Waals surface area contributed by atoms with Crippen LogP contribution in [-0.2, 0) is 0 Å². The second kappa shape index (κ2) is 4.19. The molecule has 2 aromatic rings. The van der Waals surface area contributed by atoms with Gasteiger partial charge in [0, 0.05) is 35.0 Å². The predicted octanol–water partition coefficient (Wildman–Crippen LogP) is 3.38. The summed E-state index contributed by atoms with van der Waals surface area (Å²) in [7, 11) is 2.20. The van der Waals surface area contributed by atoms with Gasteiger partial charge in [0.25, 0.3) is 0 Å². The van der Waals surface area contributed by atoms with E-state index < -0.39 is 0 Å². The minimum atomic E-state index is 0.210. The van der Waals surface area contributed by atoms with Gasteiger partial charge < -0.3 is 4.98 Å². The normalized spacial score (nSPS) is 29.7. The second-order valence-electron chi connectivity index (χ2n) is 6.29. The maximum absolute atomic E-state index is 12.8. The molecular formula is C17H20N2O. The zero-order valence-corrected chi connectivity index (χ0v) is 12.0. The summed E-state index contributed by atoms with van der Waals surface area (Å²) in [5.41, 5.74) is 3.20. The fraction of sp³-hybridized carbons (Fsp3) is 0.471. The van der Waals surface area contributed by atoms with Crippen LogP contribution >= 0.6 is 0 Å². The number of nitrogens with one attached hydrogen (secondary N) is 1. The van der Waals surface area contributed by atoms with E-state index >= 15 is 0 Å². The number of para-hydroxylation sites is 1. The fourth-order valence-corrected chi connectivity index (χ4v) is 4.20. The molecule has 3 atom stereocenters. The van der Waals surface area contributed by atoms with E-state index in [0.29, 0.717) is 17.7 Å². The van der Waals surface area contributed by atoms with Crippen molar-refractivity contribution in [3.8, 4) is 0 Å². The molecule has 0 unspecified atom stereocenters. The lowest BCUT2D eigenvalue weighted by atomic mass is 9.71. The highest BCUT2D eigenvalue weighted by atomic mass is 16.1. The Morgan fingerprint density at radius 1 is 1.35 bits per heavy atom. The molecule has 1 aliphatic heterocycles. The molecule has 0 saturated carbocycles. The Morgan fingerprint density at radius 2 is 2.15 bits per heavy atom. The number of piperidine rings is 1. The van der Waals surface area contributed by atoms with Gasteiger partial charge in [0.1, 0.15) is 0 Å². The first-order valence-corrected chi connectivity index (χ1v) is 7.55. The molecule has 3 heteroatoms. The molecule has 20 heavy (non-hydrogen) atoms. The summed E-state index contributed by atoms with van der Waals surface area (Å²) in [6.07, 6.45) is 2.08. The number of Topliss-reactive ketones (excluding diaryl/α,β-unsaturated/α-hetero) is 1. The minimum Gasteiger partial charge on any atom is -0.352 e. The minimum absolute atomic E-state index is 0.210. The van der Waals surface area contributed by atoms with Crippen molar-refractivity contribution in [1.29, 1.82) is 0 Å². The highest BCUT2D eigenvalue weighted by molar-refractivity contribution is 6.05. The van der Waals surface area contributed by atoms with E-state index in [0.717, 1.165) is 30.6 Å².